The van der Waals surface area contributed by atoms with Crippen LogP contribution in [0.3, 0.4) is 0 Å². The van der Waals surface area contributed by atoms with Crippen molar-refractivity contribution in [1.82, 2.24) is 9.97 Å². The van der Waals surface area contributed by atoms with Crippen LogP contribution in [0.1, 0.15) is 22.3 Å². The summed E-state index contributed by atoms with van der Waals surface area (Å²) in [4.78, 5) is 10.7. The lowest BCUT2D eigenvalue weighted by Gasteiger charge is -2.35. The maximum absolute atomic E-state index is 5.40. The second-order valence-electron chi connectivity index (χ2n) is 14.8. The molecular weight excluding hydrogens is 697 g/mol. The molecule has 2 aliphatic rings. The number of hydrogen-bond donors (Lipinski definition) is 0. The summed E-state index contributed by atoms with van der Waals surface area (Å²) in [7, 11) is 0. The second kappa shape index (κ2) is 12.0. The van der Waals surface area contributed by atoms with Crippen molar-refractivity contribution in [3.05, 3.63) is 216 Å². The van der Waals surface area contributed by atoms with E-state index in [1.54, 1.807) is 0 Å². The zero-order valence-electron chi connectivity index (χ0n) is 30.3. The summed E-state index contributed by atoms with van der Waals surface area (Å²) >= 11 is 1.83. The van der Waals surface area contributed by atoms with Gasteiger partial charge in [0.25, 0.3) is 0 Å². The Labute approximate surface area is 329 Å². The molecule has 3 heteroatoms. The van der Waals surface area contributed by atoms with Crippen molar-refractivity contribution in [3.63, 3.8) is 0 Å². The number of fused-ring (bicyclic) bond motifs is 15. The number of rotatable bonds is 3. The molecule has 12 rings (SSSR count). The van der Waals surface area contributed by atoms with Crippen LogP contribution in [0.25, 0.3) is 87.5 Å². The van der Waals surface area contributed by atoms with Crippen LogP contribution in [-0.4, -0.2) is 9.97 Å². The Bertz CT molecular complexity index is 3140. The van der Waals surface area contributed by atoms with Gasteiger partial charge in [0.05, 0.1) is 16.8 Å². The predicted molar refractivity (Wildman–Crippen MR) is 233 cm³/mol. The van der Waals surface area contributed by atoms with Crippen molar-refractivity contribution in [2.45, 2.75) is 5.41 Å². The molecule has 0 N–H and O–H groups in total. The van der Waals surface area contributed by atoms with Gasteiger partial charge in [-0.15, -0.1) is 11.3 Å². The first-order valence-corrected chi connectivity index (χ1v) is 20.0. The van der Waals surface area contributed by atoms with Gasteiger partial charge in [-0.2, -0.15) is 0 Å². The lowest BCUT2D eigenvalue weighted by Crippen LogP contribution is -2.29. The first-order chi connectivity index (χ1) is 27.8. The van der Waals surface area contributed by atoms with Crippen LogP contribution in [0, 0.1) is 0 Å². The molecule has 0 saturated heterocycles. The van der Waals surface area contributed by atoms with E-state index >= 15 is 0 Å². The van der Waals surface area contributed by atoms with Crippen LogP contribution < -0.4 is 0 Å². The number of hydrogen-bond acceptors (Lipinski definition) is 3. The standard InChI is InChI=1S/C53H32N2S/c1-2-14-33(15-3-1)48-32-49(34-26-29-43-42-21-9-13-25-50(42)56-51(43)31-34)55-52(54-48)35-27-28-41-40-20-8-12-24-46(40)53(47(41)30-35)44-22-10-6-18-38(44)36-16-4-5-17-37(36)39-19-7-11-23-45(39)53/h1-32H. The van der Waals surface area contributed by atoms with Gasteiger partial charge >= 0.3 is 0 Å². The Morgan fingerprint density at radius 2 is 0.821 bits per heavy atom. The molecule has 10 aromatic rings. The maximum Gasteiger partial charge on any atom is 0.160 e. The fourth-order valence-corrected chi connectivity index (χ4v) is 10.7. The minimum absolute atomic E-state index is 0.569. The molecule has 56 heavy (non-hydrogen) atoms. The van der Waals surface area contributed by atoms with Crippen molar-refractivity contribution in [1.29, 1.82) is 0 Å². The molecule has 0 amide bonds. The summed E-state index contributed by atoms with van der Waals surface area (Å²) in [6, 6.07) is 70.9. The van der Waals surface area contributed by atoms with Crippen LogP contribution in [0.15, 0.2) is 194 Å². The summed E-state index contributed by atoms with van der Waals surface area (Å²) in [5, 5.41) is 2.58. The van der Waals surface area contributed by atoms with Gasteiger partial charge in [0, 0.05) is 36.9 Å². The molecule has 0 fully saturated rings. The van der Waals surface area contributed by atoms with Gasteiger partial charge in [-0.1, -0.05) is 170 Å². The molecule has 0 bridgehead atoms. The van der Waals surface area contributed by atoms with Crippen LogP contribution in [0.5, 0.6) is 0 Å². The van der Waals surface area contributed by atoms with E-state index in [-0.39, 0.29) is 0 Å². The van der Waals surface area contributed by atoms with Crippen LogP contribution >= 0.6 is 11.3 Å². The highest BCUT2D eigenvalue weighted by Gasteiger charge is 2.49. The van der Waals surface area contributed by atoms with Crippen LogP contribution in [0.2, 0.25) is 0 Å². The van der Waals surface area contributed by atoms with Gasteiger partial charge in [-0.25, -0.2) is 9.97 Å². The normalized spacial score (nSPS) is 13.1. The van der Waals surface area contributed by atoms with E-state index in [2.05, 4.69) is 194 Å². The lowest BCUT2D eigenvalue weighted by atomic mass is 9.66. The molecule has 2 heterocycles. The number of nitrogens with zero attached hydrogens (tertiary/aromatic N) is 2. The third-order valence-electron chi connectivity index (χ3n) is 11.9. The van der Waals surface area contributed by atoms with Crippen molar-refractivity contribution in [2.24, 2.45) is 0 Å². The van der Waals surface area contributed by atoms with Crippen molar-refractivity contribution >= 4 is 31.5 Å². The summed E-state index contributed by atoms with van der Waals surface area (Å²) in [6.07, 6.45) is 0. The molecule has 1 spiro atoms. The van der Waals surface area contributed by atoms with Gasteiger partial charge < -0.3 is 0 Å². The largest absolute Gasteiger partial charge is 0.228 e. The molecule has 0 unspecified atom stereocenters. The maximum atomic E-state index is 5.40. The number of aromatic nitrogens is 2. The van der Waals surface area contributed by atoms with E-state index in [1.807, 2.05) is 11.3 Å². The van der Waals surface area contributed by atoms with E-state index in [0.717, 1.165) is 28.1 Å². The smallest absolute Gasteiger partial charge is 0.160 e. The predicted octanol–water partition coefficient (Wildman–Crippen LogP) is 13.9. The average molecular weight is 729 g/mol. The summed E-state index contributed by atoms with van der Waals surface area (Å²) in [6.45, 7) is 0. The number of benzene rings is 8. The van der Waals surface area contributed by atoms with E-state index < -0.39 is 5.41 Å². The first kappa shape index (κ1) is 31.4. The quantitative estimate of drug-likeness (QED) is 0.181. The highest BCUT2D eigenvalue weighted by Crippen LogP contribution is 2.61. The zero-order chi connectivity index (χ0) is 36.8. The fourth-order valence-electron chi connectivity index (χ4n) is 9.55. The lowest BCUT2D eigenvalue weighted by molar-refractivity contribution is 0.775. The first-order valence-electron chi connectivity index (χ1n) is 19.2. The third-order valence-corrected chi connectivity index (χ3v) is 13.1. The molecule has 0 radical (unpaired) electrons. The minimum Gasteiger partial charge on any atom is -0.228 e. The highest BCUT2D eigenvalue weighted by molar-refractivity contribution is 7.25. The van der Waals surface area contributed by atoms with E-state index in [0.29, 0.717) is 5.82 Å². The van der Waals surface area contributed by atoms with Crippen molar-refractivity contribution in [2.75, 3.05) is 0 Å². The van der Waals surface area contributed by atoms with Crippen LogP contribution in [0.4, 0.5) is 0 Å². The Morgan fingerprint density at radius 3 is 1.50 bits per heavy atom. The molecule has 260 valence electrons. The Hall–Kier alpha value is -6.94. The Kier molecular flexibility index (Phi) is 6.75. The Morgan fingerprint density at radius 1 is 0.321 bits per heavy atom. The SMILES string of the molecule is c1ccc(-c2cc(-c3ccc4c(c3)sc3ccccc34)nc(-c3ccc4c(c3)C3(c5ccccc5-c5ccccc5-c5ccccc53)c3ccccc3-4)n2)cc1. The molecule has 2 aromatic heterocycles. The monoisotopic (exact) mass is 728 g/mol. The average Bonchev–Trinajstić information content (AvgIpc) is 3.76. The Balaban J connectivity index is 1.13. The second-order valence-corrected chi connectivity index (χ2v) is 15.9. The highest BCUT2D eigenvalue weighted by atomic mass is 32.1. The minimum atomic E-state index is -0.569. The van der Waals surface area contributed by atoms with Gasteiger partial charge in [-0.05, 0) is 79.9 Å². The van der Waals surface area contributed by atoms with Crippen molar-refractivity contribution < 1.29 is 0 Å². The summed E-state index contributed by atoms with van der Waals surface area (Å²) in [5.74, 6) is 0.713. The molecular formula is C53H32N2S. The molecule has 0 saturated carbocycles. The van der Waals surface area contributed by atoms with Gasteiger partial charge in [0.2, 0.25) is 0 Å². The van der Waals surface area contributed by atoms with Gasteiger partial charge in [0.15, 0.2) is 5.82 Å². The third kappa shape index (κ3) is 4.43. The summed E-state index contributed by atoms with van der Waals surface area (Å²) < 4.78 is 2.56. The van der Waals surface area contributed by atoms with E-state index in [1.165, 1.54) is 75.8 Å². The van der Waals surface area contributed by atoms with Crippen LogP contribution in [-0.2, 0) is 5.41 Å². The van der Waals surface area contributed by atoms with E-state index in [4.69, 9.17) is 9.97 Å². The van der Waals surface area contributed by atoms with Gasteiger partial charge in [-0.3, -0.25) is 0 Å². The number of thiophene rings is 1. The topological polar surface area (TPSA) is 25.8 Å². The molecule has 8 aromatic carbocycles. The van der Waals surface area contributed by atoms with E-state index in [9.17, 15) is 0 Å². The molecule has 2 aliphatic carbocycles. The molecule has 2 nitrogen and oxygen atoms in total. The summed E-state index contributed by atoms with van der Waals surface area (Å²) in [5.41, 5.74) is 17.1. The zero-order valence-corrected chi connectivity index (χ0v) is 31.1. The molecule has 0 atom stereocenters. The van der Waals surface area contributed by atoms with Crippen molar-refractivity contribution in [3.8, 4) is 67.3 Å². The van der Waals surface area contributed by atoms with Gasteiger partial charge in [0.1, 0.15) is 0 Å². The fraction of sp³-hybridized carbons (Fsp3) is 0.0189. The molecule has 0 aliphatic heterocycles.